The van der Waals surface area contributed by atoms with Gasteiger partial charge in [0.2, 0.25) is 0 Å². The van der Waals surface area contributed by atoms with Crippen molar-refractivity contribution in [1.82, 2.24) is 0 Å². The van der Waals surface area contributed by atoms with E-state index in [4.69, 9.17) is 24.3 Å². The van der Waals surface area contributed by atoms with E-state index in [1.165, 1.54) is 96.3 Å². The van der Waals surface area contributed by atoms with Gasteiger partial charge in [0.25, 0.3) is 0 Å². The van der Waals surface area contributed by atoms with E-state index in [0.29, 0.717) is 6.42 Å². The van der Waals surface area contributed by atoms with Crippen LogP contribution in [0.2, 0.25) is 0 Å². The Labute approximate surface area is 460 Å². The number of unbranched alkanes of at least 4 members (excludes halogenated alkanes) is 22. The van der Waals surface area contributed by atoms with Crippen LogP contribution in [-0.2, 0) is 32.7 Å². The molecule has 0 aliphatic rings. The maximum atomic E-state index is 12.7. The fourth-order valence-electron chi connectivity index (χ4n) is 7.92. The van der Waals surface area contributed by atoms with E-state index in [-0.39, 0.29) is 32.6 Å². The Morgan fingerprint density at radius 2 is 0.733 bits per heavy atom. The van der Waals surface area contributed by atoms with Crippen molar-refractivity contribution in [2.24, 2.45) is 5.73 Å². The topological polar surface area (TPSA) is 134 Å². The first-order valence-corrected chi connectivity index (χ1v) is 31.5. The first kappa shape index (κ1) is 71.4. The zero-order valence-corrected chi connectivity index (χ0v) is 48.6. The lowest BCUT2D eigenvalue weighted by Crippen LogP contribution is -2.29. The van der Waals surface area contributed by atoms with Gasteiger partial charge in [-0.3, -0.25) is 18.6 Å². The number of rotatable bonds is 55. The van der Waals surface area contributed by atoms with Gasteiger partial charge in [0.05, 0.1) is 13.2 Å². The summed E-state index contributed by atoms with van der Waals surface area (Å²) in [6.45, 7) is 3.60. The van der Waals surface area contributed by atoms with Gasteiger partial charge < -0.3 is 20.1 Å². The second kappa shape index (κ2) is 59.7. The number of nitrogens with two attached hydrogens (primary N) is 1. The van der Waals surface area contributed by atoms with Crippen LogP contribution in [0.3, 0.4) is 0 Å². The molecule has 0 saturated heterocycles. The highest BCUT2D eigenvalue weighted by Gasteiger charge is 2.26. The number of phosphoric acid groups is 1. The zero-order chi connectivity index (χ0) is 54.5. The monoisotopic (exact) mass is 1060 g/mol. The highest BCUT2D eigenvalue weighted by molar-refractivity contribution is 7.47. The molecule has 428 valence electrons. The maximum Gasteiger partial charge on any atom is 0.472 e. The predicted octanol–water partition coefficient (Wildman–Crippen LogP) is 19.2. The van der Waals surface area contributed by atoms with Gasteiger partial charge in [-0.15, -0.1) is 0 Å². The van der Waals surface area contributed by atoms with E-state index in [1.807, 2.05) is 0 Å². The van der Waals surface area contributed by atoms with Crippen LogP contribution in [0.5, 0.6) is 0 Å². The third kappa shape index (κ3) is 59.5. The summed E-state index contributed by atoms with van der Waals surface area (Å²) < 4.78 is 33.1. The highest BCUT2D eigenvalue weighted by Crippen LogP contribution is 2.43. The van der Waals surface area contributed by atoms with E-state index >= 15 is 0 Å². The van der Waals surface area contributed by atoms with E-state index < -0.39 is 32.5 Å². The largest absolute Gasteiger partial charge is 0.472 e. The summed E-state index contributed by atoms with van der Waals surface area (Å²) in [6, 6.07) is 0. The standard InChI is InChI=1S/C65H110NO8P/c1-3-5-7-9-11-13-15-17-19-21-23-25-27-29-30-31-32-34-36-38-40-42-44-46-48-50-52-54-56-58-65(68)74-63(62-73-75(69,70)72-60-59-66)61-71-64(67)57-55-53-51-49-47-45-43-41-39-37-35-33-28-26-24-22-20-18-16-14-12-10-8-6-4-2/h5,7,11,13,16-19,22-25,28-30,32-34,38,40,63H,3-4,6,8-10,12,14-15,20-21,26-27,31,35-37,39,41-62,66H2,1-2H3,(H,69,70)/b7-5-,13-11-,18-16-,19-17-,24-22-,25-23-,30-29-,33-28-,34-32-,40-38-. The molecule has 0 amide bonds. The molecule has 2 atom stereocenters. The fourth-order valence-corrected chi connectivity index (χ4v) is 8.68. The van der Waals surface area contributed by atoms with Crippen molar-refractivity contribution in [2.75, 3.05) is 26.4 Å². The second-order valence-electron chi connectivity index (χ2n) is 19.5. The van der Waals surface area contributed by atoms with Crippen LogP contribution in [0.1, 0.15) is 245 Å². The van der Waals surface area contributed by atoms with Crippen molar-refractivity contribution in [2.45, 2.75) is 251 Å². The van der Waals surface area contributed by atoms with Gasteiger partial charge in [-0.1, -0.05) is 245 Å². The van der Waals surface area contributed by atoms with Crippen molar-refractivity contribution in [3.63, 3.8) is 0 Å². The van der Waals surface area contributed by atoms with Crippen molar-refractivity contribution in [1.29, 1.82) is 0 Å². The number of phosphoric ester groups is 1. The number of hydrogen-bond acceptors (Lipinski definition) is 8. The number of ether oxygens (including phenoxy) is 2. The molecule has 0 spiro atoms. The minimum Gasteiger partial charge on any atom is -0.462 e. The van der Waals surface area contributed by atoms with E-state index in [2.05, 4.69) is 135 Å². The minimum atomic E-state index is -4.40. The lowest BCUT2D eigenvalue weighted by molar-refractivity contribution is -0.161. The third-order valence-electron chi connectivity index (χ3n) is 12.3. The van der Waals surface area contributed by atoms with Crippen LogP contribution in [0.15, 0.2) is 122 Å². The Morgan fingerprint density at radius 3 is 1.09 bits per heavy atom. The quantitative estimate of drug-likeness (QED) is 0.0264. The Kier molecular flexibility index (Phi) is 56.8. The molecule has 0 aromatic carbocycles. The van der Waals surface area contributed by atoms with Gasteiger partial charge in [-0.05, 0) is 109 Å². The Morgan fingerprint density at radius 1 is 0.413 bits per heavy atom. The van der Waals surface area contributed by atoms with Crippen molar-refractivity contribution in [3.8, 4) is 0 Å². The molecule has 10 heteroatoms. The SMILES string of the molecule is CC/C=C\C/C=C\C/C=C\C/C=C\C/C=C\C/C=C\C/C=C\CCCCCCCCCC(=O)OC(COC(=O)CCCCCCCCCCCC/C=C\C/C=C\C/C=C\CCCCCCC)COP(=O)(O)OCCN. The van der Waals surface area contributed by atoms with Gasteiger partial charge in [-0.2, -0.15) is 0 Å². The van der Waals surface area contributed by atoms with Crippen LogP contribution in [-0.4, -0.2) is 49.3 Å². The molecule has 0 aliphatic carbocycles. The van der Waals surface area contributed by atoms with Crippen LogP contribution in [0.4, 0.5) is 0 Å². The molecule has 2 unspecified atom stereocenters. The Bertz CT molecular complexity index is 1640. The average molecular weight is 1060 g/mol. The molecule has 0 heterocycles. The third-order valence-corrected chi connectivity index (χ3v) is 13.3. The van der Waals surface area contributed by atoms with Gasteiger partial charge in [0.15, 0.2) is 6.10 Å². The molecule has 0 aromatic rings. The molecule has 75 heavy (non-hydrogen) atoms. The number of hydrogen-bond donors (Lipinski definition) is 2. The minimum absolute atomic E-state index is 0.0444. The highest BCUT2D eigenvalue weighted by atomic mass is 31.2. The molecule has 0 bridgehead atoms. The van der Waals surface area contributed by atoms with Crippen LogP contribution in [0, 0.1) is 0 Å². The molecule has 9 nitrogen and oxygen atoms in total. The molecule has 0 fully saturated rings. The Balaban J connectivity index is 4.05. The summed E-state index contributed by atoms with van der Waals surface area (Å²) in [4.78, 5) is 35.2. The van der Waals surface area contributed by atoms with Gasteiger partial charge in [-0.25, -0.2) is 4.57 Å². The number of carbonyl (C=O) groups excluding carboxylic acids is 2. The summed E-state index contributed by atoms with van der Waals surface area (Å²) in [6.07, 6.45) is 82.4. The summed E-state index contributed by atoms with van der Waals surface area (Å²) in [5.41, 5.74) is 5.38. The zero-order valence-electron chi connectivity index (χ0n) is 47.7. The number of allylic oxidation sites excluding steroid dienone is 20. The number of carbonyl (C=O) groups is 2. The van der Waals surface area contributed by atoms with Crippen molar-refractivity contribution in [3.05, 3.63) is 122 Å². The predicted molar refractivity (Wildman–Crippen MR) is 321 cm³/mol. The average Bonchev–Trinajstić information content (AvgIpc) is 3.40. The summed E-state index contributed by atoms with van der Waals surface area (Å²) in [7, 11) is -4.40. The molecule has 0 aliphatic heterocycles. The lowest BCUT2D eigenvalue weighted by Gasteiger charge is -2.19. The lowest BCUT2D eigenvalue weighted by atomic mass is 10.1. The fraction of sp³-hybridized carbons (Fsp3) is 0.662. The molecule has 0 rings (SSSR count). The molecular formula is C65H110NO8P. The molecule has 0 saturated carbocycles. The van der Waals surface area contributed by atoms with Gasteiger partial charge in [0, 0.05) is 19.4 Å². The molecule has 0 aromatic heterocycles. The van der Waals surface area contributed by atoms with Crippen molar-refractivity contribution >= 4 is 19.8 Å². The first-order chi connectivity index (χ1) is 36.8. The molecule has 3 N–H and O–H groups in total. The second-order valence-corrected chi connectivity index (χ2v) is 20.9. The van der Waals surface area contributed by atoms with Gasteiger partial charge >= 0.3 is 19.8 Å². The van der Waals surface area contributed by atoms with Crippen LogP contribution in [0.25, 0.3) is 0 Å². The first-order valence-electron chi connectivity index (χ1n) is 30.0. The van der Waals surface area contributed by atoms with Crippen molar-refractivity contribution < 1.29 is 37.6 Å². The van der Waals surface area contributed by atoms with E-state index in [0.717, 1.165) is 116 Å². The van der Waals surface area contributed by atoms with Crippen LogP contribution < -0.4 is 5.73 Å². The van der Waals surface area contributed by atoms with E-state index in [9.17, 15) is 19.0 Å². The number of esters is 2. The summed E-state index contributed by atoms with van der Waals surface area (Å²) in [5.74, 6) is -0.850. The maximum absolute atomic E-state index is 12.7. The molecule has 0 radical (unpaired) electrons. The summed E-state index contributed by atoms with van der Waals surface area (Å²) >= 11 is 0. The Hall–Kier alpha value is -3.59. The van der Waals surface area contributed by atoms with Crippen LogP contribution >= 0.6 is 7.82 Å². The smallest absolute Gasteiger partial charge is 0.462 e. The van der Waals surface area contributed by atoms with E-state index in [1.54, 1.807) is 0 Å². The summed E-state index contributed by atoms with van der Waals surface area (Å²) in [5, 5.41) is 0. The normalized spacial score (nSPS) is 13.9. The van der Waals surface area contributed by atoms with Gasteiger partial charge in [0.1, 0.15) is 6.61 Å². The molecular weight excluding hydrogens is 954 g/mol.